The van der Waals surface area contributed by atoms with Crippen molar-refractivity contribution in [1.29, 1.82) is 0 Å². The van der Waals surface area contributed by atoms with E-state index in [1.54, 1.807) is 0 Å². The van der Waals surface area contributed by atoms with Gasteiger partial charge in [-0.2, -0.15) is 23.1 Å². The van der Waals surface area contributed by atoms with Gasteiger partial charge >= 0.3 is 24.1 Å². The standard InChI is InChI=1S/C21H17F3N2O5/c1-20(2)30-17(27)14(18(28)31-20)9-11-3-7-13(8-4-11)29-19-25-15(12-5-6-12)10-16(26-19)21(22,23)24/h3-4,7-10,12H,5-6H2,1-2H3. The van der Waals surface area contributed by atoms with Gasteiger partial charge in [-0.05, 0) is 42.7 Å². The van der Waals surface area contributed by atoms with Crippen molar-refractivity contribution in [2.45, 2.75) is 44.6 Å². The lowest BCUT2D eigenvalue weighted by molar-refractivity contribution is -0.222. The first-order valence-corrected chi connectivity index (χ1v) is 9.43. The fourth-order valence-electron chi connectivity index (χ4n) is 2.90. The summed E-state index contributed by atoms with van der Waals surface area (Å²) in [5, 5.41) is 0. The molecule has 0 unspecified atom stereocenters. The van der Waals surface area contributed by atoms with E-state index in [0.717, 1.165) is 18.9 Å². The van der Waals surface area contributed by atoms with Gasteiger partial charge in [0.05, 0.1) is 5.69 Å². The van der Waals surface area contributed by atoms with Crippen LogP contribution in [-0.4, -0.2) is 27.7 Å². The first kappa shape index (κ1) is 20.8. The molecule has 1 aliphatic carbocycles. The number of carbonyl (C=O) groups excluding carboxylic acids is 2. The first-order chi connectivity index (χ1) is 14.5. The zero-order valence-electron chi connectivity index (χ0n) is 16.5. The smallest absolute Gasteiger partial charge is 0.424 e. The molecule has 0 spiro atoms. The van der Waals surface area contributed by atoms with Gasteiger partial charge < -0.3 is 14.2 Å². The van der Waals surface area contributed by atoms with Crippen molar-refractivity contribution in [3.63, 3.8) is 0 Å². The number of cyclic esters (lactones) is 2. The van der Waals surface area contributed by atoms with E-state index >= 15 is 0 Å². The van der Waals surface area contributed by atoms with Gasteiger partial charge in [-0.1, -0.05) is 12.1 Å². The number of halogens is 3. The molecule has 10 heteroatoms. The predicted molar refractivity (Wildman–Crippen MR) is 99.8 cm³/mol. The van der Waals surface area contributed by atoms with Gasteiger partial charge in [-0.3, -0.25) is 0 Å². The summed E-state index contributed by atoms with van der Waals surface area (Å²) >= 11 is 0. The third kappa shape index (κ3) is 4.84. The molecule has 2 aliphatic rings. The molecule has 1 saturated heterocycles. The molecule has 1 aromatic heterocycles. The van der Waals surface area contributed by atoms with Crippen LogP contribution >= 0.6 is 0 Å². The van der Waals surface area contributed by atoms with Crippen LogP contribution in [0.2, 0.25) is 0 Å². The van der Waals surface area contributed by atoms with Crippen LogP contribution < -0.4 is 4.74 Å². The van der Waals surface area contributed by atoms with E-state index in [-0.39, 0.29) is 17.2 Å². The second-order valence-corrected chi connectivity index (χ2v) is 7.64. The Kier molecular flexibility index (Phi) is 4.95. The average molecular weight is 434 g/mol. The summed E-state index contributed by atoms with van der Waals surface area (Å²) in [6.07, 6.45) is -1.77. The number of benzene rings is 1. The summed E-state index contributed by atoms with van der Waals surface area (Å²) in [5.74, 6) is -2.79. The van der Waals surface area contributed by atoms with Crippen LogP contribution in [0, 0.1) is 0 Å². The number of alkyl halides is 3. The van der Waals surface area contributed by atoms with Crippen molar-refractivity contribution in [2.24, 2.45) is 0 Å². The Morgan fingerprint density at radius 2 is 1.68 bits per heavy atom. The SMILES string of the molecule is CC1(C)OC(=O)C(=Cc2ccc(Oc3nc(C4CC4)cc(C(F)(F)F)n3)cc2)C(=O)O1. The van der Waals surface area contributed by atoms with Gasteiger partial charge in [0.15, 0.2) is 5.69 Å². The second-order valence-electron chi connectivity index (χ2n) is 7.64. The quantitative estimate of drug-likeness (QED) is 0.401. The molecule has 162 valence electrons. The number of hydrogen-bond acceptors (Lipinski definition) is 7. The van der Waals surface area contributed by atoms with E-state index in [0.29, 0.717) is 11.3 Å². The Bertz CT molecular complexity index is 1050. The molecular weight excluding hydrogens is 417 g/mol. The van der Waals surface area contributed by atoms with Crippen LogP contribution in [0.3, 0.4) is 0 Å². The van der Waals surface area contributed by atoms with Crippen molar-refractivity contribution >= 4 is 18.0 Å². The predicted octanol–water partition coefficient (Wildman–Crippen LogP) is 4.38. The molecule has 2 fully saturated rings. The molecule has 0 radical (unpaired) electrons. The highest BCUT2D eigenvalue weighted by Gasteiger charge is 2.39. The zero-order chi connectivity index (χ0) is 22.4. The maximum atomic E-state index is 13.1. The van der Waals surface area contributed by atoms with Crippen molar-refractivity contribution in [2.75, 3.05) is 0 Å². The van der Waals surface area contributed by atoms with E-state index in [4.69, 9.17) is 14.2 Å². The fourth-order valence-corrected chi connectivity index (χ4v) is 2.90. The molecule has 1 saturated carbocycles. The van der Waals surface area contributed by atoms with Crippen molar-refractivity contribution in [1.82, 2.24) is 9.97 Å². The van der Waals surface area contributed by atoms with E-state index in [9.17, 15) is 22.8 Å². The third-order valence-electron chi connectivity index (χ3n) is 4.53. The molecule has 0 amide bonds. The van der Waals surface area contributed by atoms with E-state index in [1.165, 1.54) is 44.2 Å². The zero-order valence-corrected chi connectivity index (χ0v) is 16.5. The molecule has 2 aromatic rings. The van der Waals surface area contributed by atoms with Crippen molar-refractivity contribution < 1.29 is 37.0 Å². The van der Waals surface area contributed by atoms with Crippen LogP contribution in [0.15, 0.2) is 35.9 Å². The Balaban J connectivity index is 1.54. The lowest BCUT2D eigenvalue weighted by Crippen LogP contribution is -2.41. The minimum atomic E-state index is -4.61. The number of nitrogens with zero attached hydrogens (tertiary/aromatic N) is 2. The molecule has 1 aromatic carbocycles. The van der Waals surface area contributed by atoms with Crippen molar-refractivity contribution in [3.05, 3.63) is 52.9 Å². The normalized spacial score (nSPS) is 18.3. The maximum Gasteiger partial charge on any atom is 0.433 e. The van der Waals surface area contributed by atoms with Crippen LogP contribution in [0.4, 0.5) is 13.2 Å². The van der Waals surface area contributed by atoms with Crippen molar-refractivity contribution in [3.8, 4) is 11.8 Å². The van der Waals surface area contributed by atoms with Gasteiger partial charge in [-0.25, -0.2) is 9.59 Å². The van der Waals surface area contributed by atoms with Gasteiger partial charge in [-0.15, -0.1) is 0 Å². The average Bonchev–Trinajstić information content (AvgIpc) is 3.50. The van der Waals surface area contributed by atoms with Gasteiger partial charge in [0.1, 0.15) is 11.3 Å². The number of rotatable bonds is 4. The van der Waals surface area contributed by atoms with Crippen LogP contribution in [0.5, 0.6) is 11.8 Å². The summed E-state index contributed by atoms with van der Waals surface area (Å²) in [6, 6.07) is 6.48. The molecule has 4 rings (SSSR count). The molecule has 2 heterocycles. The third-order valence-corrected chi connectivity index (χ3v) is 4.53. The summed E-state index contributed by atoms with van der Waals surface area (Å²) in [5.41, 5.74) is -0.572. The van der Waals surface area contributed by atoms with Crippen LogP contribution in [0.25, 0.3) is 6.08 Å². The molecule has 0 bridgehead atoms. The highest BCUT2D eigenvalue weighted by atomic mass is 19.4. The molecule has 0 atom stereocenters. The monoisotopic (exact) mass is 434 g/mol. The molecular formula is C21H17F3N2O5. The molecule has 1 aliphatic heterocycles. The summed E-state index contributed by atoms with van der Waals surface area (Å²) in [4.78, 5) is 31.6. The summed E-state index contributed by atoms with van der Waals surface area (Å²) in [7, 11) is 0. The first-order valence-electron chi connectivity index (χ1n) is 9.43. The van der Waals surface area contributed by atoms with Crippen LogP contribution in [0.1, 0.15) is 49.6 Å². The lowest BCUT2D eigenvalue weighted by Gasteiger charge is -2.29. The highest BCUT2D eigenvalue weighted by Crippen LogP contribution is 2.41. The molecule has 7 nitrogen and oxygen atoms in total. The van der Waals surface area contributed by atoms with Gasteiger partial charge in [0.25, 0.3) is 5.79 Å². The number of hydrogen-bond donors (Lipinski definition) is 0. The van der Waals surface area contributed by atoms with E-state index in [1.807, 2.05) is 0 Å². The second kappa shape index (κ2) is 7.36. The number of aromatic nitrogens is 2. The van der Waals surface area contributed by atoms with Gasteiger partial charge in [0, 0.05) is 19.8 Å². The van der Waals surface area contributed by atoms with E-state index < -0.39 is 35.6 Å². The Morgan fingerprint density at radius 3 is 2.23 bits per heavy atom. The topological polar surface area (TPSA) is 87.6 Å². The summed E-state index contributed by atoms with van der Waals surface area (Å²) in [6.45, 7) is 2.88. The number of ether oxygens (including phenoxy) is 3. The Labute approximate surface area is 174 Å². The Morgan fingerprint density at radius 1 is 1.06 bits per heavy atom. The largest absolute Gasteiger partial charge is 0.433 e. The maximum absolute atomic E-state index is 13.1. The number of carbonyl (C=O) groups is 2. The number of esters is 2. The fraction of sp³-hybridized carbons (Fsp3) is 0.333. The molecule has 0 N–H and O–H groups in total. The minimum absolute atomic E-state index is 0.0135. The van der Waals surface area contributed by atoms with Gasteiger partial charge in [0.2, 0.25) is 0 Å². The Hall–Kier alpha value is -3.43. The summed E-state index contributed by atoms with van der Waals surface area (Å²) < 4.78 is 54.9. The molecule has 31 heavy (non-hydrogen) atoms. The van der Waals surface area contributed by atoms with E-state index in [2.05, 4.69) is 9.97 Å². The lowest BCUT2D eigenvalue weighted by atomic mass is 10.1. The highest BCUT2D eigenvalue weighted by molar-refractivity contribution is 6.18. The minimum Gasteiger partial charge on any atom is -0.424 e. The van der Waals surface area contributed by atoms with Crippen LogP contribution in [-0.2, 0) is 25.2 Å².